The summed E-state index contributed by atoms with van der Waals surface area (Å²) in [6, 6.07) is 12.7. The van der Waals surface area contributed by atoms with Crippen LogP contribution < -0.4 is 10.9 Å². The number of nitrogens with zero attached hydrogens (tertiary/aromatic N) is 3. The smallest absolute Gasteiger partial charge is 0.267 e. The topological polar surface area (TPSA) is 66.7 Å². The first-order chi connectivity index (χ1) is 15.5. The van der Waals surface area contributed by atoms with Crippen molar-refractivity contribution in [2.24, 2.45) is 0 Å². The first-order valence-electron chi connectivity index (χ1n) is 10.2. The number of benzene rings is 1. The number of amides is 1. The SMILES string of the molecule is CCCCNc1nc2ccccn2c(=O)c1/C=C1/SC(=S)N(Cc2ccccc2Cl)C1=O. The van der Waals surface area contributed by atoms with E-state index in [-0.39, 0.29) is 18.0 Å². The Morgan fingerprint density at radius 2 is 1.97 bits per heavy atom. The normalized spacial score (nSPS) is 15.2. The Morgan fingerprint density at radius 1 is 1.19 bits per heavy atom. The predicted molar refractivity (Wildman–Crippen MR) is 135 cm³/mol. The monoisotopic (exact) mass is 484 g/mol. The Morgan fingerprint density at radius 3 is 2.75 bits per heavy atom. The van der Waals surface area contributed by atoms with Gasteiger partial charge >= 0.3 is 0 Å². The van der Waals surface area contributed by atoms with Gasteiger partial charge in [-0.2, -0.15) is 0 Å². The highest BCUT2D eigenvalue weighted by Gasteiger charge is 2.33. The number of hydrogen-bond acceptors (Lipinski definition) is 6. The minimum Gasteiger partial charge on any atom is -0.369 e. The van der Waals surface area contributed by atoms with Crippen LogP contribution in [0.4, 0.5) is 5.82 Å². The molecule has 1 aliphatic heterocycles. The second-order valence-corrected chi connectivity index (χ2v) is 9.33. The van der Waals surface area contributed by atoms with E-state index >= 15 is 0 Å². The minimum absolute atomic E-state index is 0.244. The standard InChI is InChI=1S/C23H21ClN4O2S2/c1-2-3-11-25-20-16(21(29)27-12-7-6-10-19(27)26-20)13-18-22(30)28(23(31)32-18)14-15-8-4-5-9-17(15)24/h4-10,12-13,25H,2-3,11,14H2,1H3/b18-13+. The van der Waals surface area contributed by atoms with Gasteiger partial charge in [0.1, 0.15) is 15.8 Å². The van der Waals surface area contributed by atoms with Crippen LogP contribution >= 0.6 is 35.6 Å². The molecule has 3 aromatic rings. The molecule has 1 saturated heterocycles. The number of halogens is 1. The highest BCUT2D eigenvalue weighted by molar-refractivity contribution is 8.26. The van der Waals surface area contributed by atoms with Gasteiger partial charge in [0.05, 0.1) is 17.0 Å². The number of thioether (sulfide) groups is 1. The van der Waals surface area contributed by atoms with E-state index in [0.717, 1.165) is 18.4 Å². The summed E-state index contributed by atoms with van der Waals surface area (Å²) in [5.74, 6) is 0.211. The lowest BCUT2D eigenvalue weighted by atomic mass is 10.2. The van der Waals surface area contributed by atoms with Crippen molar-refractivity contribution in [3.63, 3.8) is 0 Å². The third-order valence-corrected chi connectivity index (χ3v) is 6.77. The summed E-state index contributed by atoms with van der Waals surface area (Å²) in [4.78, 5) is 32.9. The molecule has 1 aromatic carbocycles. The maximum absolute atomic E-state index is 13.2. The molecule has 0 bridgehead atoms. The number of carbonyl (C=O) groups is 1. The summed E-state index contributed by atoms with van der Waals surface area (Å²) in [7, 11) is 0. The average Bonchev–Trinajstić information content (AvgIpc) is 3.05. The molecule has 0 unspecified atom stereocenters. The molecule has 1 aliphatic rings. The van der Waals surface area contributed by atoms with E-state index in [2.05, 4.69) is 17.2 Å². The van der Waals surface area contributed by atoms with Crippen molar-refractivity contribution in [2.45, 2.75) is 26.3 Å². The summed E-state index contributed by atoms with van der Waals surface area (Å²) >= 11 is 12.9. The summed E-state index contributed by atoms with van der Waals surface area (Å²) in [5, 5.41) is 3.83. The van der Waals surface area contributed by atoms with Crippen molar-refractivity contribution in [3.05, 3.63) is 80.1 Å². The van der Waals surface area contributed by atoms with Gasteiger partial charge in [0, 0.05) is 17.8 Å². The van der Waals surface area contributed by atoms with Gasteiger partial charge < -0.3 is 5.32 Å². The lowest BCUT2D eigenvalue weighted by molar-refractivity contribution is -0.122. The van der Waals surface area contributed by atoms with Gasteiger partial charge in [-0.25, -0.2) is 4.98 Å². The zero-order valence-electron chi connectivity index (χ0n) is 17.4. The molecule has 0 radical (unpaired) electrons. The maximum Gasteiger partial charge on any atom is 0.267 e. The summed E-state index contributed by atoms with van der Waals surface area (Å²) in [6.07, 6.45) is 5.21. The Bertz CT molecular complexity index is 1290. The molecule has 6 nitrogen and oxygen atoms in total. The van der Waals surface area contributed by atoms with Gasteiger partial charge in [0.15, 0.2) is 0 Å². The fourth-order valence-electron chi connectivity index (χ4n) is 3.32. The Hall–Kier alpha value is -2.68. The molecule has 164 valence electrons. The number of unbranched alkanes of at least 4 members (excludes halogenated alkanes) is 1. The van der Waals surface area contributed by atoms with Crippen molar-refractivity contribution in [3.8, 4) is 0 Å². The third-order valence-electron chi connectivity index (χ3n) is 5.03. The van der Waals surface area contributed by atoms with Crippen molar-refractivity contribution in [1.29, 1.82) is 0 Å². The molecule has 1 amide bonds. The van der Waals surface area contributed by atoms with Gasteiger partial charge in [-0.1, -0.05) is 73.2 Å². The molecule has 1 fully saturated rings. The van der Waals surface area contributed by atoms with Gasteiger partial charge in [0.25, 0.3) is 11.5 Å². The number of hydrogen-bond donors (Lipinski definition) is 1. The van der Waals surface area contributed by atoms with Gasteiger partial charge in [-0.05, 0) is 36.3 Å². The van der Waals surface area contributed by atoms with Crippen LogP contribution in [-0.4, -0.2) is 31.1 Å². The lowest BCUT2D eigenvalue weighted by Gasteiger charge is -2.15. The largest absolute Gasteiger partial charge is 0.369 e. The molecular formula is C23H21ClN4O2S2. The van der Waals surface area contributed by atoms with Crippen LogP contribution in [0.25, 0.3) is 11.7 Å². The number of pyridine rings is 1. The van der Waals surface area contributed by atoms with Crippen molar-refractivity contribution < 1.29 is 4.79 Å². The minimum atomic E-state index is -0.253. The molecule has 2 aromatic heterocycles. The number of anilines is 1. The van der Waals surface area contributed by atoms with Crippen molar-refractivity contribution in [2.75, 3.05) is 11.9 Å². The second kappa shape index (κ2) is 9.85. The van der Waals surface area contributed by atoms with Crippen LogP contribution in [-0.2, 0) is 11.3 Å². The van der Waals surface area contributed by atoms with E-state index in [0.29, 0.717) is 37.8 Å². The number of carbonyl (C=O) groups excluding carboxylic acids is 1. The number of nitrogens with one attached hydrogen (secondary N) is 1. The molecule has 0 aliphatic carbocycles. The van der Waals surface area contributed by atoms with Crippen LogP contribution in [0, 0.1) is 0 Å². The van der Waals surface area contributed by atoms with Gasteiger partial charge in [-0.3, -0.25) is 18.9 Å². The number of aromatic nitrogens is 2. The van der Waals surface area contributed by atoms with Gasteiger partial charge in [0.2, 0.25) is 0 Å². The van der Waals surface area contributed by atoms with E-state index in [1.54, 1.807) is 30.5 Å². The lowest BCUT2D eigenvalue weighted by Crippen LogP contribution is -2.27. The maximum atomic E-state index is 13.2. The molecule has 32 heavy (non-hydrogen) atoms. The van der Waals surface area contributed by atoms with Crippen LogP contribution in [0.1, 0.15) is 30.9 Å². The summed E-state index contributed by atoms with van der Waals surface area (Å²) in [6.45, 7) is 3.05. The quantitative estimate of drug-likeness (QED) is 0.290. The Labute approximate surface area is 200 Å². The molecule has 0 saturated carbocycles. The van der Waals surface area contributed by atoms with Crippen LogP contribution in [0.5, 0.6) is 0 Å². The number of thiocarbonyl (C=S) groups is 1. The average molecular weight is 485 g/mol. The van der Waals surface area contributed by atoms with Crippen LogP contribution in [0.3, 0.4) is 0 Å². The zero-order valence-corrected chi connectivity index (χ0v) is 19.8. The fourth-order valence-corrected chi connectivity index (χ4v) is 4.75. The molecular weight excluding hydrogens is 464 g/mol. The Kier molecular flexibility index (Phi) is 6.93. The van der Waals surface area contributed by atoms with Gasteiger partial charge in [-0.15, -0.1) is 0 Å². The molecule has 0 atom stereocenters. The number of fused-ring (bicyclic) bond motifs is 1. The highest BCUT2D eigenvalue weighted by atomic mass is 35.5. The van der Waals surface area contributed by atoms with Crippen molar-refractivity contribution in [1.82, 2.24) is 14.3 Å². The summed E-state index contributed by atoms with van der Waals surface area (Å²) < 4.78 is 1.90. The molecule has 0 spiro atoms. The molecule has 4 rings (SSSR count). The molecule has 3 heterocycles. The highest BCUT2D eigenvalue weighted by Crippen LogP contribution is 2.34. The third kappa shape index (κ3) is 4.57. The summed E-state index contributed by atoms with van der Waals surface area (Å²) in [5.41, 5.74) is 1.44. The zero-order chi connectivity index (χ0) is 22.7. The Balaban J connectivity index is 1.71. The fraction of sp³-hybridized carbons (Fsp3) is 0.217. The van der Waals surface area contributed by atoms with E-state index in [1.165, 1.54) is 21.1 Å². The van der Waals surface area contributed by atoms with E-state index in [9.17, 15) is 9.59 Å². The van der Waals surface area contributed by atoms with Crippen molar-refractivity contribution >= 4 is 63.3 Å². The number of rotatable bonds is 7. The molecule has 1 N–H and O–H groups in total. The van der Waals surface area contributed by atoms with Crippen LogP contribution in [0.2, 0.25) is 5.02 Å². The molecule has 9 heteroatoms. The van der Waals surface area contributed by atoms with E-state index in [1.807, 2.05) is 24.3 Å². The predicted octanol–water partition coefficient (Wildman–Crippen LogP) is 4.96. The first kappa shape index (κ1) is 22.5. The van der Waals surface area contributed by atoms with Crippen LogP contribution in [0.15, 0.2) is 58.4 Å². The van der Waals surface area contributed by atoms with E-state index < -0.39 is 0 Å². The second-order valence-electron chi connectivity index (χ2n) is 7.25. The van der Waals surface area contributed by atoms with E-state index in [4.69, 9.17) is 23.8 Å². The first-order valence-corrected chi connectivity index (χ1v) is 11.8.